The van der Waals surface area contributed by atoms with Crippen LogP contribution in [-0.4, -0.2) is 53.6 Å². The van der Waals surface area contributed by atoms with Gasteiger partial charge >= 0.3 is 0 Å². The summed E-state index contributed by atoms with van der Waals surface area (Å²) in [6, 6.07) is -0.0859. The smallest absolute Gasteiger partial charge is 0.237 e. The van der Waals surface area contributed by atoms with Crippen molar-refractivity contribution < 1.29 is 4.79 Å². The summed E-state index contributed by atoms with van der Waals surface area (Å²) in [7, 11) is 0. The van der Waals surface area contributed by atoms with Gasteiger partial charge in [0.1, 0.15) is 0 Å². The lowest BCUT2D eigenvalue weighted by Gasteiger charge is -2.30. The molecule has 124 valence electrons. The van der Waals surface area contributed by atoms with Crippen LogP contribution in [0.3, 0.4) is 0 Å². The molecule has 0 unspecified atom stereocenters. The molecular weight excluding hydrogens is 296 g/mol. The number of anilines is 1. The summed E-state index contributed by atoms with van der Waals surface area (Å²) in [5, 5.41) is 6.28. The summed E-state index contributed by atoms with van der Waals surface area (Å²) in [6.45, 7) is 13.9. The van der Waals surface area contributed by atoms with Gasteiger partial charge in [-0.05, 0) is 41.0 Å². The summed E-state index contributed by atoms with van der Waals surface area (Å²) in [4.78, 5) is 21.5. The predicted octanol–water partition coefficient (Wildman–Crippen LogP) is 2.27. The average molecular weight is 324 g/mol. The molecule has 5 nitrogen and oxygen atoms in total. The van der Waals surface area contributed by atoms with E-state index in [4.69, 9.17) is 0 Å². The SMILES string of the molecule is Cc1csc(N2CCCN([C@H](C)C(=O)NC(C)(C)C)CC2)n1. The molecular formula is C16H28N4OS. The summed E-state index contributed by atoms with van der Waals surface area (Å²) in [5.41, 5.74) is 0.904. The van der Waals surface area contributed by atoms with E-state index in [9.17, 15) is 4.79 Å². The molecule has 22 heavy (non-hydrogen) atoms. The van der Waals surface area contributed by atoms with E-state index in [2.05, 4.69) is 25.5 Å². The largest absolute Gasteiger partial charge is 0.350 e. The zero-order valence-electron chi connectivity index (χ0n) is 14.3. The third-order valence-corrected chi connectivity index (χ3v) is 4.85. The minimum Gasteiger partial charge on any atom is -0.350 e. The Morgan fingerprint density at radius 3 is 2.64 bits per heavy atom. The Bertz CT molecular complexity index is 508. The molecule has 0 aliphatic carbocycles. The second kappa shape index (κ2) is 6.96. The van der Waals surface area contributed by atoms with Gasteiger partial charge in [0.2, 0.25) is 5.91 Å². The van der Waals surface area contributed by atoms with Crippen LogP contribution in [0.25, 0.3) is 0 Å². The van der Waals surface area contributed by atoms with Crippen molar-refractivity contribution in [2.75, 3.05) is 31.1 Å². The molecule has 0 spiro atoms. The Kier molecular flexibility index (Phi) is 5.45. The first kappa shape index (κ1) is 17.2. The van der Waals surface area contributed by atoms with Gasteiger partial charge in [-0.25, -0.2) is 4.98 Å². The van der Waals surface area contributed by atoms with E-state index in [0.29, 0.717) is 0 Å². The lowest BCUT2D eigenvalue weighted by molar-refractivity contribution is -0.127. The number of aryl methyl sites for hydroxylation is 1. The Balaban J connectivity index is 1.93. The van der Waals surface area contributed by atoms with Crippen molar-refractivity contribution in [3.05, 3.63) is 11.1 Å². The number of carbonyl (C=O) groups is 1. The fourth-order valence-electron chi connectivity index (χ4n) is 2.64. The fourth-order valence-corrected chi connectivity index (χ4v) is 3.50. The Hall–Kier alpha value is -1.14. The average Bonchev–Trinajstić information content (AvgIpc) is 2.71. The quantitative estimate of drug-likeness (QED) is 0.926. The third kappa shape index (κ3) is 4.68. The van der Waals surface area contributed by atoms with Crippen molar-refractivity contribution in [3.63, 3.8) is 0 Å². The molecule has 1 saturated heterocycles. The van der Waals surface area contributed by atoms with Gasteiger partial charge in [-0.2, -0.15) is 0 Å². The van der Waals surface area contributed by atoms with Crippen LogP contribution in [0.2, 0.25) is 0 Å². The van der Waals surface area contributed by atoms with Crippen LogP contribution in [-0.2, 0) is 4.79 Å². The van der Waals surface area contributed by atoms with Crippen molar-refractivity contribution in [3.8, 4) is 0 Å². The van der Waals surface area contributed by atoms with Crippen LogP contribution in [0.1, 0.15) is 39.8 Å². The lowest BCUT2D eigenvalue weighted by atomic mass is 10.1. The standard InChI is InChI=1S/C16H28N4OS/c1-12-11-22-15(17-12)20-8-6-7-19(9-10-20)13(2)14(21)18-16(3,4)5/h11,13H,6-10H2,1-5H3,(H,18,21)/t13-/m1/s1. The normalized spacial score (nSPS) is 18.9. The van der Waals surface area contributed by atoms with Gasteiger partial charge < -0.3 is 10.2 Å². The summed E-state index contributed by atoms with van der Waals surface area (Å²) < 4.78 is 0. The third-order valence-electron chi connectivity index (χ3n) is 3.83. The molecule has 1 fully saturated rings. The molecule has 0 bridgehead atoms. The fraction of sp³-hybridized carbons (Fsp3) is 0.750. The van der Waals surface area contributed by atoms with Crippen molar-refractivity contribution in [2.24, 2.45) is 0 Å². The minimum absolute atomic E-state index is 0.0859. The van der Waals surface area contributed by atoms with E-state index in [1.807, 2.05) is 34.6 Å². The summed E-state index contributed by atoms with van der Waals surface area (Å²) in [5.74, 6) is 0.117. The lowest BCUT2D eigenvalue weighted by Crippen LogP contribution is -2.51. The zero-order valence-corrected chi connectivity index (χ0v) is 15.2. The van der Waals surface area contributed by atoms with E-state index in [0.717, 1.165) is 43.4 Å². The Morgan fingerprint density at radius 2 is 2.05 bits per heavy atom. The maximum absolute atomic E-state index is 12.3. The van der Waals surface area contributed by atoms with Gasteiger partial charge in [-0.3, -0.25) is 9.69 Å². The monoisotopic (exact) mass is 324 g/mol. The molecule has 1 aromatic rings. The van der Waals surface area contributed by atoms with Crippen molar-refractivity contribution in [1.29, 1.82) is 0 Å². The highest BCUT2D eigenvalue weighted by atomic mass is 32.1. The van der Waals surface area contributed by atoms with Crippen LogP contribution in [0.4, 0.5) is 5.13 Å². The molecule has 1 aliphatic rings. The highest BCUT2D eigenvalue weighted by molar-refractivity contribution is 7.13. The van der Waals surface area contributed by atoms with E-state index in [-0.39, 0.29) is 17.5 Å². The molecule has 6 heteroatoms. The number of amides is 1. The number of thiazole rings is 1. The predicted molar refractivity (Wildman–Crippen MR) is 92.6 cm³/mol. The van der Waals surface area contributed by atoms with Gasteiger partial charge in [0.25, 0.3) is 0 Å². The van der Waals surface area contributed by atoms with E-state index >= 15 is 0 Å². The second-order valence-corrected chi connectivity index (χ2v) is 7.90. The van der Waals surface area contributed by atoms with Crippen LogP contribution < -0.4 is 10.2 Å². The molecule has 1 N–H and O–H groups in total. The molecule has 1 atom stereocenters. The number of rotatable bonds is 3. The molecule has 2 rings (SSSR count). The second-order valence-electron chi connectivity index (χ2n) is 7.06. The maximum Gasteiger partial charge on any atom is 0.237 e. The van der Waals surface area contributed by atoms with Crippen molar-refractivity contribution in [2.45, 2.75) is 52.6 Å². The van der Waals surface area contributed by atoms with Gasteiger partial charge in [0.05, 0.1) is 11.7 Å². The number of carbonyl (C=O) groups excluding carboxylic acids is 1. The van der Waals surface area contributed by atoms with Gasteiger partial charge in [-0.15, -0.1) is 11.3 Å². The minimum atomic E-state index is -0.179. The highest BCUT2D eigenvalue weighted by Crippen LogP contribution is 2.22. The van der Waals surface area contributed by atoms with Crippen LogP contribution in [0.15, 0.2) is 5.38 Å². The number of nitrogens with zero attached hydrogens (tertiary/aromatic N) is 3. The molecule has 1 aromatic heterocycles. The summed E-state index contributed by atoms with van der Waals surface area (Å²) in [6.07, 6.45) is 1.06. The zero-order chi connectivity index (χ0) is 16.3. The topological polar surface area (TPSA) is 48.5 Å². The van der Waals surface area contributed by atoms with Gasteiger partial charge in [0, 0.05) is 37.1 Å². The highest BCUT2D eigenvalue weighted by Gasteiger charge is 2.26. The molecule has 0 aromatic carbocycles. The van der Waals surface area contributed by atoms with E-state index in [1.165, 1.54) is 0 Å². The Morgan fingerprint density at radius 1 is 1.32 bits per heavy atom. The van der Waals surface area contributed by atoms with Crippen molar-refractivity contribution >= 4 is 22.4 Å². The number of nitrogens with one attached hydrogen (secondary N) is 1. The van der Waals surface area contributed by atoms with Crippen LogP contribution in [0, 0.1) is 6.92 Å². The first-order chi connectivity index (χ1) is 10.3. The van der Waals surface area contributed by atoms with E-state index in [1.54, 1.807) is 11.3 Å². The molecule has 2 heterocycles. The molecule has 1 aliphatic heterocycles. The van der Waals surface area contributed by atoms with Crippen molar-refractivity contribution in [1.82, 2.24) is 15.2 Å². The van der Waals surface area contributed by atoms with Gasteiger partial charge in [0.15, 0.2) is 5.13 Å². The number of aromatic nitrogens is 1. The summed E-state index contributed by atoms with van der Waals surface area (Å²) >= 11 is 1.71. The van der Waals surface area contributed by atoms with Crippen LogP contribution >= 0.6 is 11.3 Å². The first-order valence-electron chi connectivity index (χ1n) is 7.99. The molecule has 0 saturated carbocycles. The molecule has 0 radical (unpaired) electrons. The van der Waals surface area contributed by atoms with E-state index < -0.39 is 0 Å². The molecule has 1 amide bonds. The first-order valence-corrected chi connectivity index (χ1v) is 8.87. The Labute approximate surface area is 137 Å². The van der Waals surface area contributed by atoms with Crippen LogP contribution in [0.5, 0.6) is 0 Å². The number of hydrogen-bond donors (Lipinski definition) is 1. The van der Waals surface area contributed by atoms with Gasteiger partial charge in [-0.1, -0.05) is 0 Å². The number of hydrogen-bond acceptors (Lipinski definition) is 5. The maximum atomic E-state index is 12.3.